The molecule has 6 aromatic carbocycles. The Balaban J connectivity index is 1.19. The quantitative estimate of drug-likeness (QED) is 0.104. The lowest BCUT2D eigenvalue weighted by Crippen LogP contribution is -2.43. The van der Waals surface area contributed by atoms with E-state index in [4.69, 9.17) is 33.9 Å². The van der Waals surface area contributed by atoms with Gasteiger partial charge in [0, 0.05) is 0 Å². The molecule has 8 aromatic rings. The van der Waals surface area contributed by atoms with Crippen LogP contribution in [-0.4, -0.2) is 57.2 Å². The third-order valence-electron chi connectivity index (χ3n) is 11.8. The molecule has 2 aromatic heterocycles. The second-order valence-corrected chi connectivity index (χ2v) is 15.1. The fourth-order valence-electron chi connectivity index (χ4n) is 8.73. The van der Waals surface area contributed by atoms with Crippen LogP contribution in [0.3, 0.4) is 0 Å². The molecule has 1 aliphatic heterocycles. The van der Waals surface area contributed by atoms with Gasteiger partial charge in [0.15, 0.2) is 23.2 Å². The number of aliphatic hydroxyl groups is 1. The molecule has 2 unspecified atom stereocenters. The Hall–Kier alpha value is -6.85. The number of nitrogens with one attached hydrogen (secondary N) is 1. The second kappa shape index (κ2) is 17.0. The highest BCUT2D eigenvalue weighted by atomic mass is 16.6. The van der Waals surface area contributed by atoms with Gasteiger partial charge in [-0.1, -0.05) is 153 Å². The van der Waals surface area contributed by atoms with Crippen LogP contribution in [0.2, 0.25) is 0 Å². The second-order valence-electron chi connectivity index (χ2n) is 15.1. The van der Waals surface area contributed by atoms with Crippen LogP contribution in [0.25, 0.3) is 11.2 Å². The van der Waals surface area contributed by atoms with E-state index in [2.05, 4.69) is 66.0 Å². The summed E-state index contributed by atoms with van der Waals surface area (Å²) in [5.74, 6) is 1.98. The number of aromatic nitrogens is 4. The van der Waals surface area contributed by atoms with Gasteiger partial charge >= 0.3 is 0 Å². The molecule has 1 fully saturated rings. The number of imidazole rings is 1. The summed E-state index contributed by atoms with van der Waals surface area (Å²) in [6.45, 7) is 2.00. The van der Waals surface area contributed by atoms with Gasteiger partial charge in [0.2, 0.25) is 0 Å². The van der Waals surface area contributed by atoms with Crippen LogP contribution in [0.1, 0.15) is 53.0 Å². The topological polar surface area (TPSA) is 113 Å². The van der Waals surface area contributed by atoms with E-state index in [1.807, 2.05) is 121 Å². The van der Waals surface area contributed by atoms with Crippen molar-refractivity contribution in [1.29, 1.82) is 0 Å². The van der Waals surface area contributed by atoms with Crippen molar-refractivity contribution in [3.63, 3.8) is 0 Å². The van der Waals surface area contributed by atoms with E-state index in [1.54, 1.807) is 20.5 Å². The molecule has 3 heterocycles. The van der Waals surface area contributed by atoms with Crippen LogP contribution >= 0.6 is 0 Å². The molecule has 61 heavy (non-hydrogen) atoms. The molecule has 0 aliphatic carbocycles. The zero-order valence-corrected chi connectivity index (χ0v) is 34.2. The van der Waals surface area contributed by atoms with Gasteiger partial charge in [-0.25, -0.2) is 15.0 Å². The van der Waals surface area contributed by atoms with Crippen LogP contribution in [-0.2, 0) is 20.6 Å². The fourth-order valence-corrected chi connectivity index (χ4v) is 8.73. The highest BCUT2D eigenvalue weighted by molar-refractivity contribution is 5.84. The van der Waals surface area contributed by atoms with Crippen LogP contribution in [0.15, 0.2) is 183 Å². The predicted molar refractivity (Wildman–Crippen MR) is 236 cm³/mol. The number of methoxy groups -OCH3 is 2. The first-order valence-corrected chi connectivity index (χ1v) is 20.5. The molecule has 0 bridgehead atoms. The first kappa shape index (κ1) is 39.6. The summed E-state index contributed by atoms with van der Waals surface area (Å²) >= 11 is 0. The number of ether oxygens (including phenoxy) is 4. The van der Waals surface area contributed by atoms with Crippen LogP contribution in [0, 0.1) is 0 Å². The molecule has 0 amide bonds. The number of aliphatic hydroxyl groups excluding tert-OH is 1. The van der Waals surface area contributed by atoms with E-state index in [0.29, 0.717) is 23.4 Å². The third-order valence-corrected chi connectivity index (χ3v) is 11.8. The molecule has 1 saturated heterocycles. The zero-order valence-electron chi connectivity index (χ0n) is 34.2. The summed E-state index contributed by atoms with van der Waals surface area (Å²) in [5, 5.41) is 16.1. The van der Waals surface area contributed by atoms with Gasteiger partial charge in [0.1, 0.15) is 41.2 Å². The maximum absolute atomic E-state index is 12.2. The lowest BCUT2D eigenvalue weighted by molar-refractivity contribution is -0.121. The van der Waals surface area contributed by atoms with Crippen molar-refractivity contribution in [3.05, 3.63) is 216 Å². The van der Waals surface area contributed by atoms with Crippen molar-refractivity contribution in [1.82, 2.24) is 19.5 Å². The molecule has 306 valence electrons. The lowest BCUT2D eigenvalue weighted by Gasteiger charge is -2.40. The Kier molecular flexibility index (Phi) is 11.1. The van der Waals surface area contributed by atoms with E-state index >= 15 is 0 Å². The molecule has 9 rings (SSSR count). The highest BCUT2D eigenvalue weighted by Crippen LogP contribution is 2.47. The first-order valence-electron chi connectivity index (χ1n) is 20.5. The minimum atomic E-state index is -1.17. The summed E-state index contributed by atoms with van der Waals surface area (Å²) in [7, 11) is 3.31. The molecule has 10 heteroatoms. The molecule has 0 spiro atoms. The Morgan fingerprint density at radius 1 is 0.607 bits per heavy atom. The zero-order chi connectivity index (χ0) is 41.8. The van der Waals surface area contributed by atoms with Gasteiger partial charge in [0.25, 0.3) is 0 Å². The molecule has 2 N–H and O–H groups in total. The Morgan fingerprint density at radius 3 is 1.56 bits per heavy atom. The average molecular weight is 810 g/mol. The summed E-state index contributed by atoms with van der Waals surface area (Å²) in [6.07, 6.45) is 0.538. The Morgan fingerprint density at radius 2 is 1.07 bits per heavy atom. The van der Waals surface area contributed by atoms with Crippen molar-refractivity contribution >= 4 is 17.0 Å². The summed E-state index contributed by atoms with van der Waals surface area (Å²) < 4.78 is 27.3. The van der Waals surface area contributed by atoms with Gasteiger partial charge in [0.05, 0.1) is 26.7 Å². The highest BCUT2D eigenvalue weighted by Gasteiger charge is 2.51. The smallest absolute Gasteiger partial charge is 0.167 e. The summed E-state index contributed by atoms with van der Waals surface area (Å²) in [4.78, 5) is 14.6. The Labute approximate surface area is 355 Å². The standard InChI is InChI=1S/C51H47N5O5/c1-4-43-45(57)46(61-51(38-21-13-7-14-22-38,39-23-15-8-16-24-39)40-27-31-42(59-3)32-28-40)49(60-43)56-34-54-44-47(52-33-53-48(44)56)55-50(35-17-9-5-10-18-35,36-19-11-6-12-20-36)37-25-29-41(58-2)30-26-37/h5-34,43,45-46,49,57H,4H2,1-3H3,(H,52,53,55)/t43-,45?,46?,49-/m1/s1. The van der Waals surface area contributed by atoms with Crippen LogP contribution < -0.4 is 14.8 Å². The normalized spacial score (nSPS) is 17.9. The van der Waals surface area contributed by atoms with E-state index in [1.165, 1.54) is 6.33 Å². The maximum atomic E-state index is 12.2. The van der Waals surface area contributed by atoms with Crippen molar-refractivity contribution in [2.24, 2.45) is 0 Å². The fraction of sp³-hybridized carbons (Fsp3) is 0.196. The van der Waals surface area contributed by atoms with E-state index < -0.39 is 35.7 Å². The number of benzene rings is 6. The minimum absolute atomic E-state index is 0.511. The number of anilines is 1. The predicted octanol–water partition coefficient (Wildman–Crippen LogP) is 9.29. The van der Waals surface area contributed by atoms with Gasteiger partial charge in [-0.15, -0.1) is 0 Å². The summed E-state index contributed by atoms with van der Waals surface area (Å²) in [5.41, 5.74) is 4.54. The van der Waals surface area contributed by atoms with Crippen molar-refractivity contribution in [2.45, 2.75) is 49.0 Å². The van der Waals surface area contributed by atoms with Gasteiger partial charge in [-0.2, -0.15) is 0 Å². The average Bonchev–Trinajstić information content (AvgIpc) is 3.91. The number of fused-ring (bicyclic) bond motifs is 1. The third kappa shape index (κ3) is 7.08. The minimum Gasteiger partial charge on any atom is -0.497 e. The number of hydrogen-bond donors (Lipinski definition) is 2. The van der Waals surface area contributed by atoms with E-state index in [0.717, 1.165) is 44.9 Å². The van der Waals surface area contributed by atoms with Crippen molar-refractivity contribution in [2.75, 3.05) is 19.5 Å². The van der Waals surface area contributed by atoms with Gasteiger partial charge in [-0.3, -0.25) is 4.57 Å². The molecular weight excluding hydrogens is 763 g/mol. The monoisotopic (exact) mass is 809 g/mol. The van der Waals surface area contributed by atoms with Crippen molar-refractivity contribution in [3.8, 4) is 11.5 Å². The van der Waals surface area contributed by atoms with E-state index in [9.17, 15) is 5.11 Å². The van der Waals surface area contributed by atoms with Gasteiger partial charge < -0.3 is 29.4 Å². The number of hydrogen-bond acceptors (Lipinski definition) is 9. The molecule has 1 aliphatic rings. The number of nitrogens with zero attached hydrogens (tertiary/aromatic N) is 4. The SMILES string of the molecule is CC[C@H]1O[C@@H](n2cnc3c(NC(c4ccccc4)(c4ccccc4)c4ccc(OC)cc4)ncnc32)C(OC(c2ccccc2)(c2ccccc2)c2ccc(OC)cc2)C1O. The van der Waals surface area contributed by atoms with Crippen molar-refractivity contribution < 1.29 is 24.1 Å². The summed E-state index contributed by atoms with van der Waals surface area (Å²) in [6, 6.07) is 56.7. The maximum Gasteiger partial charge on any atom is 0.167 e. The van der Waals surface area contributed by atoms with Crippen LogP contribution in [0.4, 0.5) is 5.82 Å². The molecular formula is C51H47N5O5. The first-order chi connectivity index (χ1) is 30.0. The van der Waals surface area contributed by atoms with E-state index in [-0.39, 0.29) is 0 Å². The molecule has 10 nitrogen and oxygen atoms in total. The Bertz CT molecular complexity index is 2580. The van der Waals surface area contributed by atoms with Gasteiger partial charge in [-0.05, 0) is 64.1 Å². The lowest BCUT2D eigenvalue weighted by atomic mass is 9.77. The molecule has 0 saturated carbocycles. The molecule has 0 radical (unpaired) electrons. The molecule has 4 atom stereocenters. The van der Waals surface area contributed by atoms with Crippen LogP contribution in [0.5, 0.6) is 11.5 Å². The number of rotatable bonds is 14. The largest absolute Gasteiger partial charge is 0.497 e.